The molecule has 1 N–H and O–H groups in total. The van der Waals surface area contributed by atoms with Gasteiger partial charge in [0.2, 0.25) is 0 Å². The molecular formula is C20H18FN3O2. The van der Waals surface area contributed by atoms with Crippen molar-refractivity contribution in [1.82, 2.24) is 9.78 Å². The van der Waals surface area contributed by atoms with Crippen molar-refractivity contribution in [3.05, 3.63) is 76.3 Å². The van der Waals surface area contributed by atoms with Gasteiger partial charge in [-0.15, -0.1) is 0 Å². The van der Waals surface area contributed by atoms with Crippen LogP contribution in [0.15, 0.2) is 59.4 Å². The van der Waals surface area contributed by atoms with Crippen LogP contribution in [0.3, 0.4) is 0 Å². The second-order valence-corrected chi connectivity index (χ2v) is 5.75. The number of para-hydroxylation sites is 1. The lowest BCUT2D eigenvalue weighted by Crippen LogP contribution is -2.28. The third-order valence-electron chi connectivity index (χ3n) is 3.99. The molecule has 3 rings (SSSR count). The first-order chi connectivity index (χ1) is 12.5. The van der Waals surface area contributed by atoms with Crippen molar-refractivity contribution in [3.8, 4) is 11.3 Å². The Kier molecular flexibility index (Phi) is 4.93. The van der Waals surface area contributed by atoms with Crippen molar-refractivity contribution in [2.45, 2.75) is 20.4 Å². The summed E-state index contributed by atoms with van der Waals surface area (Å²) in [5.41, 5.74) is 0.919. The second kappa shape index (κ2) is 7.31. The first kappa shape index (κ1) is 17.5. The van der Waals surface area contributed by atoms with E-state index in [2.05, 4.69) is 10.4 Å². The zero-order valence-electron chi connectivity index (χ0n) is 14.5. The van der Waals surface area contributed by atoms with Gasteiger partial charge in [-0.3, -0.25) is 9.59 Å². The minimum atomic E-state index is -0.512. The highest BCUT2D eigenvalue weighted by Gasteiger charge is 2.22. The van der Waals surface area contributed by atoms with Crippen LogP contribution in [0.2, 0.25) is 0 Å². The first-order valence-corrected chi connectivity index (χ1v) is 8.26. The Balaban J connectivity index is 2.30. The predicted molar refractivity (Wildman–Crippen MR) is 99.3 cm³/mol. The van der Waals surface area contributed by atoms with Crippen LogP contribution < -0.4 is 10.9 Å². The monoisotopic (exact) mass is 351 g/mol. The number of Topliss-reactive ketones (excluding diaryl/α,β-unsaturated/α-hetero) is 1. The number of hydrogen-bond acceptors (Lipinski definition) is 4. The number of ketones is 1. The number of nitrogens with one attached hydrogen (secondary N) is 1. The fraction of sp³-hybridized carbons (Fsp3) is 0.150. The van der Waals surface area contributed by atoms with Gasteiger partial charge in [0.15, 0.2) is 5.78 Å². The van der Waals surface area contributed by atoms with E-state index in [0.717, 1.165) is 0 Å². The zero-order valence-corrected chi connectivity index (χ0v) is 14.5. The third-order valence-corrected chi connectivity index (χ3v) is 3.99. The number of aryl methyl sites for hydroxylation is 1. The molecule has 0 saturated carbocycles. The van der Waals surface area contributed by atoms with Crippen molar-refractivity contribution >= 4 is 17.2 Å². The molecule has 2 aromatic carbocycles. The van der Waals surface area contributed by atoms with E-state index < -0.39 is 11.4 Å². The number of carbonyl (C=O) groups is 1. The number of hydrogen-bond donors (Lipinski definition) is 1. The van der Waals surface area contributed by atoms with Gasteiger partial charge >= 0.3 is 0 Å². The third kappa shape index (κ3) is 3.26. The summed E-state index contributed by atoms with van der Waals surface area (Å²) in [5, 5.41) is 7.16. The highest BCUT2D eigenvalue weighted by molar-refractivity contribution is 6.05. The quantitative estimate of drug-likeness (QED) is 0.705. The summed E-state index contributed by atoms with van der Waals surface area (Å²) in [6.07, 6.45) is 0. The highest BCUT2D eigenvalue weighted by Crippen LogP contribution is 2.28. The lowest BCUT2D eigenvalue weighted by molar-refractivity contribution is 0.101. The van der Waals surface area contributed by atoms with Crippen molar-refractivity contribution in [2.75, 3.05) is 5.32 Å². The Bertz CT molecular complexity index is 1010. The molecule has 0 aliphatic rings. The Morgan fingerprint density at radius 2 is 1.77 bits per heavy atom. The summed E-state index contributed by atoms with van der Waals surface area (Å²) in [7, 11) is 0. The summed E-state index contributed by atoms with van der Waals surface area (Å²) in [4.78, 5) is 25.2. The van der Waals surface area contributed by atoms with Crippen LogP contribution in [-0.2, 0) is 6.54 Å². The zero-order chi connectivity index (χ0) is 18.7. The number of halogens is 1. The van der Waals surface area contributed by atoms with Gasteiger partial charge in [0.05, 0.1) is 11.3 Å². The van der Waals surface area contributed by atoms with Gasteiger partial charge in [-0.25, -0.2) is 9.07 Å². The number of aromatic nitrogens is 2. The molecule has 5 nitrogen and oxygen atoms in total. The van der Waals surface area contributed by atoms with Gasteiger partial charge in [0, 0.05) is 12.1 Å². The average Bonchev–Trinajstić information content (AvgIpc) is 2.65. The molecule has 1 heterocycles. The Morgan fingerprint density at radius 1 is 1.12 bits per heavy atom. The van der Waals surface area contributed by atoms with E-state index in [1.807, 2.05) is 30.3 Å². The maximum Gasteiger partial charge on any atom is 0.291 e. The van der Waals surface area contributed by atoms with E-state index in [0.29, 0.717) is 17.8 Å². The molecule has 26 heavy (non-hydrogen) atoms. The lowest BCUT2D eigenvalue weighted by atomic mass is 10.0. The molecule has 0 radical (unpaired) electrons. The van der Waals surface area contributed by atoms with Gasteiger partial charge in [-0.05, 0) is 26.0 Å². The molecule has 0 unspecified atom stereocenters. The Labute approximate surface area is 150 Å². The number of nitrogens with zero attached hydrogens (tertiary/aromatic N) is 2. The molecule has 0 atom stereocenters. The molecule has 132 valence electrons. The average molecular weight is 351 g/mol. The smallest absolute Gasteiger partial charge is 0.291 e. The fourth-order valence-electron chi connectivity index (χ4n) is 2.74. The van der Waals surface area contributed by atoms with Crippen molar-refractivity contribution < 1.29 is 9.18 Å². The van der Waals surface area contributed by atoms with Crippen LogP contribution in [0.4, 0.5) is 15.8 Å². The van der Waals surface area contributed by atoms with E-state index >= 15 is 0 Å². The summed E-state index contributed by atoms with van der Waals surface area (Å²) < 4.78 is 15.3. The van der Waals surface area contributed by atoms with Gasteiger partial charge in [0.1, 0.15) is 17.2 Å². The van der Waals surface area contributed by atoms with Crippen molar-refractivity contribution in [1.29, 1.82) is 0 Å². The van der Waals surface area contributed by atoms with Gasteiger partial charge in [-0.1, -0.05) is 42.5 Å². The molecule has 3 aromatic rings. The topological polar surface area (TPSA) is 64.0 Å². The lowest BCUT2D eigenvalue weighted by Gasteiger charge is -2.16. The molecule has 0 fully saturated rings. The van der Waals surface area contributed by atoms with E-state index in [-0.39, 0.29) is 22.7 Å². The molecule has 0 aliphatic carbocycles. The van der Waals surface area contributed by atoms with Crippen LogP contribution in [0.1, 0.15) is 24.2 Å². The van der Waals surface area contributed by atoms with E-state index in [1.165, 1.54) is 23.7 Å². The van der Waals surface area contributed by atoms with Gasteiger partial charge < -0.3 is 5.32 Å². The van der Waals surface area contributed by atoms with E-state index in [9.17, 15) is 14.0 Å². The molecule has 1 aromatic heterocycles. The number of rotatable bonds is 5. The summed E-state index contributed by atoms with van der Waals surface area (Å²) >= 11 is 0. The molecule has 0 bridgehead atoms. The molecular weight excluding hydrogens is 333 g/mol. The van der Waals surface area contributed by atoms with E-state index in [4.69, 9.17) is 0 Å². The molecule has 0 spiro atoms. The minimum absolute atomic E-state index is 0.0262. The first-order valence-electron chi connectivity index (χ1n) is 8.26. The maximum absolute atomic E-state index is 14.1. The predicted octanol–water partition coefficient (Wildman–Crippen LogP) is 4.02. The highest BCUT2D eigenvalue weighted by atomic mass is 19.1. The van der Waals surface area contributed by atoms with Gasteiger partial charge in [0.25, 0.3) is 5.56 Å². The molecule has 6 heteroatoms. The molecule has 0 aliphatic heterocycles. The van der Waals surface area contributed by atoms with Crippen LogP contribution in [0.25, 0.3) is 11.3 Å². The fourth-order valence-corrected chi connectivity index (χ4v) is 2.74. The van der Waals surface area contributed by atoms with Crippen LogP contribution in [0.5, 0.6) is 0 Å². The molecule has 0 saturated heterocycles. The van der Waals surface area contributed by atoms with Crippen LogP contribution >= 0.6 is 0 Å². The van der Waals surface area contributed by atoms with Crippen LogP contribution in [-0.4, -0.2) is 15.6 Å². The summed E-state index contributed by atoms with van der Waals surface area (Å²) in [6.45, 7) is 3.47. The summed E-state index contributed by atoms with van der Waals surface area (Å²) in [6, 6.07) is 15.1. The number of anilines is 2. The van der Waals surface area contributed by atoms with Gasteiger partial charge in [-0.2, -0.15) is 5.10 Å². The SMILES string of the molecule is CCn1nc(-c2ccccc2)c(C(C)=O)c(Nc2ccccc2F)c1=O. The van der Waals surface area contributed by atoms with Crippen LogP contribution in [0, 0.1) is 5.82 Å². The number of benzene rings is 2. The summed E-state index contributed by atoms with van der Waals surface area (Å²) in [5.74, 6) is -0.835. The largest absolute Gasteiger partial charge is 0.348 e. The van der Waals surface area contributed by atoms with Crippen molar-refractivity contribution in [2.24, 2.45) is 0 Å². The minimum Gasteiger partial charge on any atom is -0.348 e. The van der Waals surface area contributed by atoms with Crippen molar-refractivity contribution in [3.63, 3.8) is 0 Å². The van der Waals surface area contributed by atoms with E-state index in [1.54, 1.807) is 19.1 Å². The molecule has 0 amide bonds. The number of carbonyl (C=O) groups excluding carboxylic acids is 1. The standard InChI is InChI=1S/C20H18FN3O2/c1-3-24-20(26)19(22-16-12-8-7-11-15(16)21)17(13(2)25)18(23-24)14-9-5-4-6-10-14/h4-12,22H,3H2,1-2H3. The maximum atomic E-state index is 14.1. The Hall–Kier alpha value is -3.28. The second-order valence-electron chi connectivity index (χ2n) is 5.75. The Morgan fingerprint density at radius 3 is 2.38 bits per heavy atom. The normalized spacial score (nSPS) is 10.6.